The maximum atomic E-state index is 3.84. The highest BCUT2D eigenvalue weighted by Crippen LogP contribution is 2.56. The fourth-order valence-corrected chi connectivity index (χ4v) is 6.37. The number of hydrogen-bond acceptors (Lipinski definition) is 3. The quantitative estimate of drug-likeness (QED) is 0.536. The van der Waals surface area contributed by atoms with Gasteiger partial charge in [-0.3, -0.25) is 0 Å². The van der Waals surface area contributed by atoms with Crippen LogP contribution in [0.5, 0.6) is 0 Å². The summed E-state index contributed by atoms with van der Waals surface area (Å²) in [5.41, 5.74) is 0. The number of hydrogen-bond donors (Lipinski definition) is 0. The summed E-state index contributed by atoms with van der Waals surface area (Å²) in [6.45, 7) is 0. The first kappa shape index (κ1) is 12.6. The summed E-state index contributed by atoms with van der Waals surface area (Å²) in [6, 6.07) is 4.27. The first-order valence-electron chi connectivity index (χ1n) is 5.02. The van der Waals surface area contributed by atoms with Gasteiger partial charge >= 0.3 is 0 Å². The largest absolute Gasteiger partial charge is 0.146 e. The maximum absolute atomic E-state index is 3.84. The van der Waals surface area contributed by atoms with Crippen molar-refractivity contribution in [3.8, 4) is 0 Å². The van der Waals surface area contributed by atoms with Gasteiger partial charge in [0.15, 0.2) is 0 Å². The maximum Gasteiger partial charge on any atom is 0.128 e. The molecule has 2 aliphatic rings. The van der Waals surface area contributed by atoms with Crippen molar-refractivity contribution in [3.05, 3.63) is 56.5 Å². The highest BCUT2D eigenvalue weighted by Gasteiger charge is 2.34. The summed E-state index contributed by atoms with van der Waals surface area (Å²) in [7, 11) is 0. The summed E-state index contributed by atoms with van der Waals surface area (Å²) in [6.07, 6.45) is 8.84. The van der Waals surface area contributed by atoms with Crippen molar-refractivity contribution >= 4 is 66.7 Å². The van der Waals surface area contributed by atoms with E-state index < -0.39 is 0 Å². The SMILES string of the molecule is BrC1C=CC(=C2C=CC(Br)(c3cccs3)S2)S1. The van der Waals surface area contributed by atoms with Gasteiger partial charge in [0.05, 0.1) is 4.16 Å². The molecule has 0 nitrogen and oxygen atoms in total. The second-order valence-electron chi connectivity index (χ2n) is 3.61. The first-order valence-corrected chi connectivity index (χ1v) is 9.30. The molecule has 0 saturated carbocycles. The van der Waals surface area contributed by atoms with E-state index in [1.807, 2.05) is 23.5 Å². The third-order valence-corrected chi connectivity index (χ3v) is 8.24. The Morgan fingerprint density at radius 1 is 1.24 bits per heavy atom. The summed E-state index contributed by atoms with van der Waals surface area (Å²) < 4.78 is 0.355. The topological polar surface area (TPSA) is 0 Å². The lowest BCUT2D eigenvalue weighted by atomic mass is 10.3. The van der Waals surface area contributed by atoms with Crippen LogP contribution < -0.4 is 0 Å². The van der Waals surface area contributed by atoms with Gasteiger partial charge in [-0.15, -0.1) is 23.1 Å². The van der Waals surface area contributed by atoms with Gasteiger partial charge in [-0.25, -0.2) is 0 Å². The Hall–Kier alpha value is 0.580. The second kappa shape index (κ2) is 4.93. The van der Waals surface area contributed by atoms with E-state index in [0.29, 0.717) is 4.16 Å². The predicted molar refractivity (Wildman–Crippen MR) is 88.1 cm³/mol. The van der Waals surface area contributed by atoms with Crippen LogP contribution in [-0.4, -0.2) is 4.16 Å². The van der Waals surface area contributed by atoms with E-state index >= 15 is 0 Å². The average molecular weight is 408 g/mol. The molecule has 1 aromatic rings. The van der Waals surface area contributed by atoms with E-state index in [2.05, 4.69) is 73.7 Å². The molecule has 2 atom stereocenters. The van der Waals surface area contributed by atoms with Gasteiger partial charge in [-0.1, -0.05) is 61.8 Å². The van der Waals surface area contributed by atoms with Crippen LogP contribution in [0.2, 0.25) is 0 Å². The minimum atomic E-state index is -0.0672. The lowest BCUT2D eigenvalue weighted by Crippen LogP contribution is -2.02. The van der Waals surface area contributed by atoms with Crippen molar-refractivity contribution in [3.63, 3.8) is 0 Å². The van der Waals surface area contributed by atoms with Crippen molar-refractivity contribution in [2.24, 2.45) is 0 Å². The number of rotatable bonds is 1. The van der Waals surface area contributed by atoms with Crippen molar-refractivity contribution in [1.82, 2.24) is 0 Å². The molecule has 0 spiro atoms. The zero-order chi connectivity index (χ0) is 11.9. The third-order valence-electron chi connectivity index (χ3n) is 2.45. The minimum absolute atomic E-state index is 0.0672. The van der Waals surface area contributed by atoms with Crippen LogP contribution in [0.15, 0.2) is 51.6 Å². The van der Waals surface area contributed by atoms with E-state index in [4.69, 9.17) is 0 Å². The van der Waals surface area contributed by atoms with Crippen molar-refractivity contribution < 1.29 is 0 Å². The van der Waals surface area contributed by atoms with E-state index in [1.54, 1.807) is 11.3 Å². The van der Waals surface area contributed by atoms with E-state index in [-0.39, 0.29) is 3.66 Å². The highest BCUT2D eigenvalue weighted by atomic mass is 79.9. The summed E-state index contributed by atoms with van der Waals surface area (Å²) in [5, 5.41) is 2.12. The lowest BCUT2D eigenvalue weighted by Gasteiger charge is -2.17. The molecule has 5 heteroatoms. The zero-order valence-corrected chi connectivity index (χ0v) is 14.2. The Labute approximate surface area is 130 Å². The number of thiophene rings is 1. The van der Waals surface area contributed by atoms with Gasteiger partial charge in [0, 0.05) is 14.7 Å². The Morgan fingerprint density at radius 3 is 2.76 bits per heavy atom. The van der Waals surface area contributed by atoms with Gasteiger partial charge in [0.2, 0.25) is 0 Å². The summed E-state index contributed by atoms with van der Waals surface area (Å²) in [4.78, 5) is 4.04. The summed E-state index contributed by atoms with van der Waals surface area (Å²) >= 11 is 13.0. The highest BCUT2D eigenvalue weighted by molar-refractivity contribution is 9.11. The molecule has 0 amide bonds. The number of allylic oxidation sites excluding steroid dienone is 2. The molecule has 0 aliphatic carbocycles. The van der Waals surface area contributed by atoms with Crippen LogP contribution in [0.25, 0.3) is 0 Å². The van der Waals surface area contributed by atoms with Gasteiger partial charge < -0.3 is 0 Å². The van der Waals surface area contributed by atoms with Crippen molar-refractivity contribution in [1.29, 1.82) is 0 Å². The minimum Gasteiger partial charge on any atom is -0.146 e. The fourth-order valence-electron chi connectivity index (χ4n) is 1.65. The molecule has 0 N–H and O–H groups in total. The molecule has 17 heavy (non-hydrogen) atoms. The third kappa shape index (κ3) is 2.50. The smallest absolute Gasteiger partial charge is 0.128 e. The molecular weight excluding hydrogens is 400 g/mol. The number of thioether (sulfide) groups is 2. The molecule has 2 aliphatic heterocycles. The fraction of sp³-hybridized carbons (Fsp3) is 0.167. The molecule has 1 aromatic heterocycles. The van der Waals surface area contributed by atoms with E-state index in [1.165, 1.54) is 14.7 Å². The Bertz CT molecular complexity index is 516. The van der Waals surface area contributed by atoms with Crippen LogP contribution in [0.4, 0.5) is 0 Å². The number of halogens is 2. The number of alkyl halides is 2. The van der Waals surface area contributed by atoms with Crippen molar-refractivity contribution in [2.45, 2.75) is 7.82 Å². The normalized spacial score (nSPS) is 36.0. The van der Waals surface area contributed by atoms with Crippen LogP contribution in [0.1, 0.15) is 4.88 Å². The molecule has 3 heterocycles. The van der Waals surface area contributed by atoms with Gasteiger partial charge in [-0.05, 0) is 23.6 Å². The van der Waals surface area contributed by atoms with Gasteiger partial charge in [0.25, 0.3) is 0 Å². The molecule has 88 valence electrons. The van der Waals surface area contributed by atoms with Gasteiger partial charge in [-0.2, -0.15) is 0 Å². The standard InChI is InChI=1S/C12H8Br2S3/c13-11-4-3-8(16-11)9-5-6-12(14,17-9)10-2-1-7-15-10/h1-7,11H. The first-order chi connectivity index (χ1) is 8.17. The van der Waals surface area contributed by atoms with Crippen LogP contribution in [-0.2, 0) is 3.66 Å². The molecule has 0 bridgehead atoms. The van der Waals surface area contributed by atoms with E-state index in [9.17, 15) is 0 Å². The molecule has 0 aromatic carbocycles. The molecule has 0 radical (unpaired) electrons. The monoisotopic (exact) mass is 406 g/mol. The Kier molecular flexibility index (Phi) is 3.65. The molecule has 2 unspecified atom stereocenters. The molecule has 3 rings (SSSR count). The molecule has 0 fully saturated rings. The molecule has 0 saturated heterocycles. The zero-order valence-electron chi connectivity index (χ0n) is 8.60. The van der Waals surface area contributed by atoms with E-state index in [0.717, 1.165) is 0 Å². The average Bonchev–Trinajstić information content (AvgIpc) is 2.97. The second-order valence-corrected chi connectivity index (χ2v) is 10.4. The predicted octanol–water partition coefficient (Wildman–Crippen LogP) is 5.83. The van der Waals surface area contributed by atoms with Crippen molar-refractivity contribution in [2.75, 3.05) is 0 Å². The summed E-state index contributed by atoms with van der Waals surface area (Å²) in [5.74, 6) is 0. The Morgan fingerprint density at radius 2 is 2.12 bits per heavy atom. The van der Waals surface area contributed by atoms with Gasteiger partial charge in [0.1, 0.15) is 3.66 Å². The van der Waals surface area contributed by atoms with Crippen LogP contribution in [0, 0.1) is 0 Å². The Balaban J connectivity index is 1.88. The molecular formula is C12H8Br2S3. The lowest BCUT2D eigenvalue weighted by molar-refractivity contribution is 1.24. The van der Waals surface area contributed by atoms with Crippen LogP contribution >= 0.6 is 66.7 Å². The van der Waals surface area contributed by atoms with Crippen LogP contribution in [0.3, 0.4) is 0 Å².